The maximum Gasteiger partial charge on any atom is 0.230 e. The van der Waals surface area contributed by atoms with Crippen molar-refractivity contribution in [3.63, 3.8) is 0 Å². The van der Waals surface area contributed by atoms with E-state index in [1.165, 1.54) is 21.6 Å². The molecule has 5 heteroatoms. The lowest BCUT2D eigenvalue weighted by atomic mass is 9.98. The fourth-order valence-electron chi connectivity index (χ4n) is 3.80. The third-order valence-electron chi connectivity index (χ3n) is 5.13. The van der Waals surface area contributed by atoms with E-state index in [1.54, 1.807) is 11.8 Å². The van der Waals surface area contributed by atoms with Gasteiger partial charge in [0.25, 0.3) is 0 Å². The number of nitrogens with zero attached hydrogens (tertiary/aromatic N) is 1. The van der Waals surface area contributed by atoms with Crippen molar-refractivity contribution in [2.75, 3.05) is 32.1 Å². The molecule has 0 spiro atoms. The van der Waals surface area contributed by atoms with Crippen LogP contribution in [0.2, 0.25) is 0 Å². The summed E-state index contributed by atoms with van der Waals surface area (Å²) in [5, 5.41) is 3.23. The summed E-state index contributed by atoms with van der Waals surface area (Å²) in [5.41, 5.74) is 3.71. The molecule has 3 rings (SSSR count). The number of morpholine rings is 1. The van der Waals surface area contributed by atoms with Crippen LogP contribution in [0.5, 0.6) is 0 Å². The summed E-state index contributed by atoms with van der Waals surface area (Å²) in [6, 6.07) is 17.0. The number of hydrogen-bond donors (Lipinski definition) is 1. The molecule has 2 aromatic carbocycles. The fraction of sp³-hybridized carbons (Fsp3) is 0.435. The van der Waals surface area contributed by atoms with Crippen molar-refractivity contribution in [1.82, 2.24) is 10.2 Å². The molecule has 1 fully saturated rings. The van der Waals surface area contributed by atoms with Gasteiger partial charge in [0.2, 0.25) is 5.91 Å². The number of benzene rings is 2. The van der Waals surface area contributed by atoms with Crippen molar-refractivity contribution in [1.29, 1.82) is 0 Å². The molecular formula is C23H30N2O2S. The van der Waals surface area contributed by atoms with E-state index in [1.807, 2.05) is 6.07 Å². The lowest BCUT2D eigenvalue weighted by Crippen LogP contribution is -2.48. The first kappa shape index (κ1) is 20.9. The van der Waals surface area contributed by atoms with Crippen LogP contribution in [-0.2, 0) is 9.53 Å². The second kappa shape index (κ2) is 10.1. The first-order valence-electron chi connectivity index (χ1n) is 9.91. The molecule has 0 saturated carbocycles. The summed E-state index contributed by atoms with van der Waals surface area (Å²) >= 11 is 1.60. The number of amides is 1. The van der Waals surface area contributed by atoms with E-state index in [2.05, 4.69) is 73.5 Å². The largest absolute Gasteiger partial charge is 0.379 e. The van der Waals surface area contributed by atoms with Gasteiger partial charge in [-0.25, -0.2) is 0 Å². The minimum Gasteiger partial charge on any atom is -0.379 e. The van der Waals surface area contributed by atoms with Crippen LogP contribution < -0.4 is 5.32 Å². The van der Waals surface area contributed by atoms with E-state index in [9.17, 15) is 4.79 Å². The molecule has 0 aromatic heterocycles. The fourth-order valence-corrected chi connectivity index (χ4v) is 4.62. The number of carbonyl (C=O) groups excluding carboxylic acids is 1. The van der Waals surface area contributed by atoms with Crippen LogP contribution >= 0.6 is 11.8 Å². The van der Waals surface area contributed by atoms with Crippen molar-refractivity contribution in [2.45, 2.75) is 37.8 Å². The molecule has 28 heavy (non-hydrogen) atoms. The zero-order chi connectivity index (χ0) is 19.9. The lowest BCUT2D eigenvalue weighted by Gasteiger charge is -2.38. The van der Waals surface area contributed by atoms with Gasteiger partial charge in [-0.1, -0.05) is 48.0 Å². The summed E-state index contributed by atoms with van der Waals surface area (Å²) < 4.78 is 5.52. The second-order valence-electron chi connectivity index (χ2n) is 7.42. The number of ether oxygens (including phenoxy) is 1. The number of hydrogen-bond acceptors (Lipinski definition) is 4. The van der Waals surface area contributed by atoms with Crippen LogP contribution in [0.1, 0.15) is 29.7 Å². The van der Waals surface area contributed by atoms with Crippen LogP contribution in [-0.4, -0.2) is 48.9 Å². The van der Waals surface area contributed by atoms with Gasteiger partial charge in [-0.3, -0.25) is 9.69 Å². The first-order chi connectivity index (χ1) is 13.5. The Morgan fingerprint density at radius 3 is 2.54 bits per heavy atom. The Morgan fingerprint density at radius 1 is 1.14 bits per heavy atom. The summed E-state index contributed by atoms with van der Waals surface area (Å²) in [4.78, 5) is 16.2. The summed E-state index contributed by atoms with van der Waals surface area (Å²) in [7, 11) is 0. The summed E-state index contributed by atoms with van der Waals surface area (Å²) in [5.74, 6) is 0.505. The molecule has 1 aliphatic rings. The maximum absolute atomic E-state index is 12.6. The molecule has 4 nitrogen and oxygen atoms in total. The third-order valence-corrected chi connectivity index (χ3v) is 6.31. The monoisotopic (exact) mass is 398 g/mol. The van der Waals surface area contributed by atoms with Crippen LogP contribution in [0.3, 0.4) is 0 Å². The molecule has 0 radical (unpaired) electrons. The van der Waals surface area contributed by atoms with E-state index in [0.29, 0.717) is 5.75 Å². The second-order valence-corrected chi connectivity index (χ2v) is 8.43. The van der Waals surface area contributed by atoms with Gasteiger partial charge in [0.05, 0.1) is 25.0 Å². The molecule has 0 aliphatic carbocycles. The van der Waals surface area contributed by atoms with Crippen molar-refractivity contribution in [3.05, 3.63) is 65.2 Å². The van der Waals surface area contributed by atoms with Crippen LogP contribution in [0, 0.1) is 13.8 Å². The first-order valence-corrected chi connectivity index (χ1v) is 10.9. The van der Waals surface area contributed by atoms with Crippen molar-refractivity contribution >= 4 is 17.7 Å². The van der Waals surface area contributed by atoms with Crippen LogP contribution in [0.15, 0.2) is 53.4 Å². The van der Waals surface area contributed by atoms with Gasteiger partial charge in [-0.15, -0.1) is 11.8 Å². The van der Waals surface area contributed by atoms with Gasteiger partial charge in [-0.05, 0) is 38.0 Å². The minimum atomic E-state index is 0.0210. The molecule has 150 valence electrons. The quantitative estimate of drug-likeness (QED) is 0.717. The van der Waals surface area contributed by atoms with E-state index in [0.717, 1.165) is 26.3 Å². The standard InChI is InChI=1S/C23H30N2O2S/c1-17-9-10-21(18(2)15-17)28-16-22(26)24-19(3)23(20-7-5-4-6-8-20)25-11-13-27-14-12-25/h4-10,15,19,23H,11-14,16H2,1-3H3,(H,24,26)/t19-,23+/m1/s1. The van der Waals surface area contributed by atoms with Crippen LogP contribution in [0.25, 0.3) is 0 Å². The molecule has 1 aliphatic heterocycles. The average molecular weight is 399 g/mol. The van der Waals surface area contributed by atoms with Gasteiger partial charge < -0.3 is 10.1 Å². The Balaban J connectivity index is 1.63. The third kappa shape index (κ3) is 5.60. The number of nitrogens with one attached hydrogen (secondary N) is 1. The Kier molecular flexibility index (Phi) is 7.54. The van der Waals surface area contributed by atoms with E-state index in [-0.39, 0.29) is 18.0 Å². The van der Waals surface area contributed by atoms with Gasteiger partial charge in [0.1, 0.15) is 0 Å². The van der Waals surface area contributed by atoms with Crippen molar-refractivity contribution in [2.24, 2.45) is 0 Å². The lowest BCUT2D eigenvalue weighted by molar-refractivity contribution is -0.119. The number of aryl methyl sites for hydroxylation is 2. The molecule has 1 N–H and O–H groups in total. The Morgan fingerprint density at radius 2 is 1.86 bits per heavy atom. The molecule has 1 amide bonds. The highest BCUT2D eigenvalue weighted by Crippen LogP contribution is 2.26. The van der Waals surface area contributed by atoms with Gasteiger partial charge >= 0.3 is 0 Å². The predicted molar refractivity (Wildman–Crippen MR) is 116 cm³/mol. The normalized spacial score (nSPS) is 17.1. The number of carbonyl (C=O) groups is 1. The highest BCUT2D eigenvalue weighted by atomic mass is 32.2. The zero-order valence-corrected chi connectivity index (χ0v) is 17.8. The zero-order valence-electron chi connectivity index (χ0n) is 17.0. The highest BCUT2D eigenvalue weighted by Gasteiger charge is 2.28. The molecule has 1 saturated heterocycles. The summed E-state index contributed by atoms with van der Waals surface area (Å²) in [6.07, 6.45) is 0. The smallest absolute Gasteiger partial charge is 0.230 e. The van der Waals surface area contributed by atoms with Gasteiger partial charge in [-0.2, -0.15) is 0 Å². The highest BCUT2D eigenvalue weighted by molar-refractivity contribution is 8.00. The van der Waals surface area contributed by atoms with Crippen molar-refractivity contribution in [3.8, 4) is 0 Å². The molecule has 2 aromatic rings. The van der Waals surface area contributed by atoms with Gasteiger partial charge in [0.15, 0.2) is 0 Å². The van der Waals surface area contributed by atoms with E-state index in [4.69, 9.17) is 4.74 Å². The van der Waals surface area contributed by atoms with Crippen LogP contribution in [0.4, 0.5) is 0 Å². The SMILES string of the molecule is Cc1ccc(SCC(=O)N[C@H](C)[C@@H](c2ccccc2)N2CCOCC2)c(C)c1. The Labute approximate surface area is 172 Å². The van der Waals surface area contributed by atoms with Gasteiger partial charge in [0, 0.05) is 24.0 Å². The maximum atomic E-state index is 12.6. The molecular weight excluding hydrogens is 368 g/mol. The number of rotatable bonds is 7. The van der Waals surface area contributed by atoms with E-state index < -0.39 is 0 Å². The average Bonchev–Trinajstić information content (AvgIpc) is 2.69. The molecule has 1 heterocycles. The molecule has 0 bridgehead atoms. The number of thioether (sulfide) groups is 1. The topological polar surface area (TPSA) is 41.6 Å². The molecule has 2 atom stereocenters. The minimum absolute atomic E-state index is 0.0210. The molecule has 0 unspecified atom stereocenters. The Hall–Kier alpha value is -1.82. The van der Waals surface area contributed by atoms with E-state index >= 15 is 0 Å². The van der Waals surface area contributed by atoms with Crippen molar-refractivity contribution < 1.29 is 9.53 Å². The predicted octanol–water partition coefficient (Wildman–Crippen LogP) is 3.97. The Bertz CT molecular complexity index is 775. The summed E-state index contributed by atoms with van der Waals surface area (Å²) in [6.45, 7) is 9.55.